The first kappa shape index (κ1) is 17.0. The second kappa shape index (κ2) is 7.81. The molecule has 25 heavy (non-hydrogen) atoms. The third kappa shape index (κ3) is 4.16. The van der Waals surface area contributed by atoms with Crippen LogP contribution in [0.5, 0.6) is 5.75 Å². The maximum atomic E-state index is 5.32. The molecule has 0 radical (unpaired) electrons. The maximum absolute atomic E-state index is 5.32. The first-order valence-corrected chi connectivity index (χ1v) is 8.11. The molecule has 0 unspecified atom stereocenters. The van der Waals surface area contributed by atoms with Gasteiger partial charge in [-0.05, 0) is 31.8 Å². The van der Waals surface area contributed by atoms with E-state index in [-0.39, 0.29) is 6.04 Å². The Morgan fingerprint density at radius 3 is 2.64 bits per heavy atom. The normalized spacial score (nSPS) is 12.2. The van der Waals surface area contributed by atoms with Gasteiger partial charge in [-0.25, -0.2) is 0 Å². The van der Waals surface area contributed by atoms with E-state index in [0.29, 0.717) is 18.4 Å². The molecule has 1 aromatic heterocycles. The zero-order valence-corrected chi connectivity index (χ0v) is 14.6. The number of benzene rings is 2. The first-order chi connectivity index (χ1) is 12.2. The van der Waals surface area contributed by atoms with Crippen molar-refractivity contribution in [1.29, 1.82) is 0 Å². The summed E-state index contributed by atoms with van der Waals surface area (Å²) >= 11 is 0. The molecule has 3 aromatic rings. The van der Waals surface area contributed by atoms with Crippen LogP contribution in [-0.2, 0) is 0 Å². The van der Waals surface area contributed by atoms with E-state index in [0.717, 1.165) is 16.9 Å². The van der Waals surface area contributed by atoms with Gasteiger partial charge in [0.1, 0.15) is 5.75 Å². The molecule has 1 heterocycles. The van der Waals surface area contributed by atoms with Gasteiger partial charge in [-0.15, -0.1) is 0 Å². The van der Waals surface area contributed by atoms with Crippen molar-refractivity contribution < 1.29 is 9.26 Å². The van der Waals surface area contributed by atoms with E-state index >= 15 is 0 Å². The van der Waals surface area contributed by atoms with Crippen LogP contribution in [0.25, 0.3) is 11.4 Å². The summed E-state index contributed by atoms with van der Waals surface area (Å²) in [5.74, 6) is 1.42. The highest BCUT2D eigenvalue weighted by molar-refractivity contribution is 5.54. The van der Waals surface area contributed by atoms with Crippen LogP contribution in [-0.4, -0.2) is 42.8 Å². The Kier molecular flexibility index (Phi) is 5.30. The highest BCUT2D eigenvalue weighted by atomic mass is 16.5. The molecule has 0 aliphatic heterocycles. The van der Waals surface area contributed by atoms with Crippen molar-refractivity contribution >= 4 is 6.01 Å². The van der Waals surface area contributed by atoms with Gasteiger partial charge < -0.3 is 19.5 Å². The van der Waals surface area contributed by atoms with Crippen LogP contribution in [0.3, 0.4) is 0 Å². The molecule has 0 saturated heterocycles. The van der Waals surface area contributed by atoms with Crippen LogP contribution < -0.4 is 10.1 Å². The summed E-state index contributed by atoms with van der Waals surface area (Å²) < 4.78 is 10.6. The van der Waals surface area contributed by atoms with Gasteiger partial charge in [0.2, 0.25) is 5.82 Å². The number of nitrogens with one attached hydrogen (secondary N) is 1. The standard InChI is InChI=1S/C19H22N4O2/c1-23(2)17(15-10-7-11-16(12-15)24-3)13-20-19-21-18(22-25-19)14-8-5-4-6-9-14/h4-12,17H,13H2,1-3H3,(H,20,21,22)/t17-/m1/s1. The molecular weight excluding hydrogens is 316 g/mol. The van der Waals surface area contributed by atoms with Crippen LogP contribution in [0, 0.1) is 0 Å². The number of hydrogen-bond donors (Lipinski definition) is 1. The topological polar surface area (TPSA) is 63.4 Å². The van der Waals surface area contributed by atoms with Gasteiger partial charge in [0.25, 0.3) is 0 Å². The Hall–Kier alpha value is -2.86. The van der Waals surface area contributed by atoms with Gasteiger partial charge in [-0.2, -0.15) is 4.98 Å². The molecule has 0 aliphatic rings. The van der Waals surface area contributed by atoms with Gasteiger partial charge in [0, 0.05) is 12.1 Å². The molecule has 1 N–H and O–H groups in total. The predicted molar refractivity (Wildman–Crippen MR) is 97.6 cm³/mol. The molecule has 0 fully saturated rings. The van der Waals surface area contributed by atoms with Crippen LogP contribution in [0.2, 0.25) is 0 Å². The van der Waals surface area contributed by atoms with Crippen LogP contribution >= 0.6 is 0 Å². The molecule has 3 rings (SSSR count). The third-order valence-corrected chi connectivity index (χ3v) is 4.01. The van der Waals surface area contributed by atoms with Gasteiger partial charge in [-0.1, -0.05) is 47.6 Å². The van der Waals surface area contributed by atoms with Crippen LogP contribution in [0.1, 0.15) is 11.6 Å². The molecule has 0 spiro atoms. The van der Waals surface area contributed by atoms with E-state index in [1.807, 2.05) is 62.6 Å². The summed E-state index contributed by atoms with van der Waals surface area (Å²) in [4.78, 5) is 6.54. The molecule has 1 atom stereocenters. The van der Waals surface area contributed by atoms with E-state index < -0.39 is 0 Å². The lowest BCUT2D eigenvalue weighted by molar-refractivity contribution is 0.307. The number of ether oxygens (including phenoxy) is 1. The summed E-state index contributed by atoms with van der Waals surface area (Å²) in [5, 5.41) is 7.26. The van der Waals surface area contributed by atoms with E-state index in [1.165, 1.54) is 0 Å². The predicted octanol–water partition coefficient (Wildman–Crippen LogP) is 3.46. The SMILES string of the molecule is COc1cccc([C@@H](CNc2nc(-c3ccccc3)no2)N(C)C)c1. The second-order valence-electron chi connectivity index (χ2n) is 5.93. The smallest absolute Gasteiger partial charge is 0.321 e. The van der Waals surface area contributed by atoms with Crippen molar-refractivity contribution in [1.82, 2.24) is 15.0 Å². The van der Waals surface area contributed by atoms with Crippen LogP contribution in [0.4, 0.5) is 6.01 Å². The summed E-state index contributed by atoms with van der Waals surface area (Å²) in [7, 11) is 5.75. The second-order valence-corrected chi connectivity index (χ2v) is 5.93. The third-order valence-electron chi connectivity index (χ3n) is 4.01. The van der Waals surface area contributed by atoms with Gasteiger partial charge in [0.15, 0.2) is 0 Å². The molecule has 0 saturated carbocycles. The minimum Gasteiger partial charge on any atom is -0.497 e. The van der Waals surface area contributed by atoms with E-state index in [1.54, 1.807) is 7.11 Å². The Labute approximate surface area is 147 Å². The van der Waals surface area contributed by atoms with Crippen molar-refractivity contribution in [3.05, 3.63) is 60.2 Å². The van der Waals surface area contributed by atoms with Crippen molar-refractivity contribution in [3.63, 3.8) is 0 Å². The largest absolute Gasteiger partial charge is 0.497 e. The lowest BCUT2D eigenvalue weighted by Gasteiger charge is -2.25. The molecule has 6 nitrogen and oxygen atoms in total. The van der Waals surface area contributed by atoms with Crippen molar-refractivity contribution in [2.45, 2.75) is 6.04 Å². The van der Waals surface area contributed by atoms with E-state index in [9.17, 15) is 0 Å². The zero-order valence-electron chi connectivity index (χ0n) is 14.6. The fraction of sp³-hybridized carbons (Fsp3) is 0.263. The minimum absolute atomic E-state index is 0.141. The fourth-order valence-corrected chi connectivity index (χ4v) is 2.63. The van der Waals surface area contributed by atoms with Crippen LogP contribution in [0.15, 0.2) is 59.1 Å². The number of rotatable bonds is 7. The number of nitrogens with zero attached hydrogens (tertiary/aromatic N) is 3. The molecule has 2 aromatic carbocycles. The average Bonchev–Trinajstić information content (AvgIpc) is 3.11. The zero-order chi connectivity index (χ0) is 17.6. The molecule has 0 aliphatic carbocycles. The monoisotopic (exact) mass is 338 g/mol. The molecule has 0 bridgehead atoms. The Morgan fingerprint density at radius 2 is 1.92 bits per heavy atom. The number of methoxy groups -OCH3 is 1. The van der Waals surface area contributed by atoms with Crippen molar-refractivity contribution in [2.24, 2.45) is 0 Å². The lowest BCUT2D eigenvalue weighted by atomic mass is 10.1. The van der Waals surface area contributed by atoms with Gasteiger partial charge >= 0.3 is 6.01 Å². The molecule has 130 valence electrons. The lowest BCUT2D eigenvalue weighted by Crippen LogP contribution is -2.27. The highest BCUT2D eigenvalue weighted by Gasteiger charge is 2.16. The Morgan fingerprint density at radius 1 is 1.12 bits per heavy atom. The number of anilines is 1. The van der Waals surface area contributed by atoms with Gasteiger partial charge in [0.05, 0.1) is 13.2 Å². The first-order valence-electron chi connectivity index (χ1n) is 8.11. The number of hydrogen-bond acceptors (Lipinski definition) is 6. The minimum atomic E-state index is 0.141. The summed E-state index contributed by atoms with van der Waals surface area (Å²) in [6.45, 7) is 0.636. The summed E-state index contributed by atoms with van der Waals surface area (Å²) in [5.41, 5.74) is 2.08. The van der Waals surface area contributed by atoms with E-state index in [2.05, 4.69) is 26.4 Å². The summed E-state index contributed by atoms with van der Waals surface area (Å²) in [6, 6.07) is 18.4. The Balaban J connectivity index is 1.71. The quantitative estimate of drug-likeness (QED) is 0.712. The Bertz CT molecular complexity index is 802. The van der Waals surface area contributed by atoms with Crippen molar-refractivity contribution in [3.8, 4) is 17.1 Å². The molecule has 6 heteroatoms. The molecule has 0 amide bonds. The van der Waals surface area contributed by atoms with Crippen molar-refractivity contribution in [2.75, 3.05) is 33.1 Å². The number of aromatic nitrogens is 2. The maximum Gasteiger partial charge on any atom is 0.321 e. The fourth-order valence-electron chi connectivity index (χ4n) is 2.63. The van der Waals surface area contributed by atoms with Gasteiger partial charge in [-0.3, -0.25) is 0 Å². The van der Waals surface area contributed by atoms with E-state index in [4.69, 9.17) is 9.26 Å². The molecular formula is C19H22N4O2. The average molecular weight is 338 g/mol. The number of likely N-dealkylation sites (N-methyl/N-ethyl adjacent to an activating group) is 1. The summed E-state index contributed by atoms with van der Waals surface area (Å²) in [6.07, 6.45) is 0. The highest BCUT2D eigenvalue weighted by Crippen LogP contribution is 2.23.